The van der Waals surface area contributed by atoms with Gasteiger partial charge in [0.25, 0.3) is 5.91 Å². The lowest BCUT2D eigenvalue weighted by atomic mass is 10.2. The Hall–Kier alpha value is -2.09. The predicted molar refractivity (Wildman–Crippen MR) is 130 cm³/mol. The molecule has 0 atom stereocenters. The third-order valence-electron chi connectivity index (χ3n) is 5.45. The van der Waals surface area contributed by atoms with Crippen LogP contribution in [0.4, 0.5) is 5.69 Å². The van der Waals surface area contributed by atoms with Crippen molar-refractivity contribution < 1.29 is 9.59 Å². The summed E-state index contributed by atoms with van der Waals surface area (Å²) in [7, 11) is 0. The standard InChI is InChI=1S/C24H26BrN3O2S/c25-19-8-5-7-18(15-19)16-22-24(30)28(20-9-1-2-10-21(20)31-22)17-23(29)26-11-6-14-27-12-3-4-13-27/h1-2,5,7-10,15-16H,3-4,6,11-14,17H2,(H,26,29)/b22-16+. The number of anilines is 1. The molecule has 0 radical (unpaired) electrons. The second-order valence-corrected chi connectivity index (χ2v) is 9.78. The van der Waals surface area contributed by atoms with Crippen molar-refractivity contribution in [2.45, 2.75) is 24.2 Å². The van der Waals surface area contributed by atoms with Gasteiger partial charge in [0.2, 0.25) is 5.91 Å². The van der Waals surface area contributed by atoms with Crippen molar-refractivity contribution in [3.63, 3.8) is 0 Å². The molecule has 2 aliphatic rings. The number of amides is 2. The molecule has 0 bridgehead atoms. The van der Waals surface area contributed by atoms with E-state index in [9.17, 15) is 9.59 Å². The van der Waals surface area contributed by atoms with Crippen molar-refractivity contribution in [2.24, 2.45) is 0 Å². The Kier molecular flexibility index (Phi) is 7.48. The van der Waals surface area contributed by atoms with E-state index in [1.165, 1.54) is 24.6 Å². The first kappa shape index (κ1) is 22.1. The minimum absolute atomic E-state index is 0.0238. The fourth-order valence-electron chi connectivity index (χ4n) is 3.90. The first-order valence-corrected chi connectivity index (χ1v) is 12.3. The number of likely N-dealkylation sites (tertiary alicyclic amines) is 1. The molecule has 2 heterocycles. The molecule has 0 aromatic heterocycles. The molecular weight excluding hydrogens is 474 g/mol. The summed E-state index contributed by atoms with van der Waals surface area (Å²) in [6.07, 6.45) is 5.36. The summed E-state index contributed by atoms with van der Waals surface area (Å²) in [6.45, 7) is 4.00. The van der Waals surface area contributed by atoms with Gasteiger partial charge in [-0.05, 0) is 74.8 Å². The van der Waals surface area contributed by atoms with Crippen molar-refractivity contribution in [3.05, 3.63) is 63.5 Å². The van der Waals surface area contributed by atoms with Crippen molar-refractivity contribution in [3.8, 4) is 0 Å². The van der Waals surface area contributed by atoms with Crippen LogP contribution in [0.3, 0.4) is 0 Å². The number of hydrogen-bond donors (Lipinski definition) is 1. The van der Waals surface area contributed by atoms with Crippen molar-refractivity contribution >= 4 is 51.3 Å². The van der Waals surface area contributed by atoms with Gasteiger partial charge in [-0.1, -0.05) is 52.0 Å². The number of halogens is 1. The maximum absolute atomic E-state index is 13.3. The molecule has 1 N–H and O–H groups in total. The van der Waals surface area contributed by atoms with Crippen molar-refractivity contribution in [1.82, 2.24) is 10.2 Å². The maximum atomic E-state index is 13.3. The highest BCUT2D eigenvalue weighted by molar-refractivity contribution is 9.10. The van der Waals surface area contributed by atoms with E-state index in [1.54, 1.807) is 4.90 Å². The molecule has 4 rings (SSSR count). The van der Waals surface area contributed by atoms with Gasteiger partial charge in [0, 0.05) is 15.9 Å². The SMILES string of the molecule is O=C(CN1C(=O)/C(=C\c2cccc(Br)c2)Sc2ccccc21)NCCCN1CCCC1. The summed E-state index contributed by atoms with van der Waals surface area (Å²) < 4.78 is 0.959. The number of nitrogens with zero attached hydrogens (tertiary/aromatic N) is 2. The van der Waals surface area contributed by atoms with Crippen LogP contribution in [0.15, 0.2) is 62.8 Å². The van der Waals surface area contributed by atoms with Crippen LogP contribution in [0.1, 0.15) is 24.8 Å². The van der Waals surface area contributed by atoms with E-state index in [-0.39, 0.29) is 18.4 Å². The molecule has 0 unspecified atom stereocenters. The first-order valence-electron chi connectivity index (χ1n) is 10.7. The number of carbonyl (C=O) groups is 2. The van der Waals surface area contributed by atoms with E-state index in [0.29, 0.717) is 11.4 Å². The second kappa shape index (κ2) is 10.5. The Morgan fingerprint density at radius 3 is 2.74 bits per heavy atom. The van der Waals surface area contributed by atoms with Crippen LogP contribution >= 0.6 is 27.7 Å². The Morgan fingerprint density at radius 2 is 1.94 bits per heavy atom. The quantitative estimate of drug-likeness (QED) is 0.449. The Morgan fingerprint density at radius 1 is 1.13 bits per heavy atom. The molecule has 2 amide bonds. The highest BCUT2D eigenvalue weighted by atomic mass is 79.9. The normalized spacial score (nSPS) is 17.8. The van der Waals surface area contributed by atoms with Gasteiger partial charge in [-0.15, -0.1) is 0 Å². The minimum atomic E-state index is -0.143. The Labute approximate surface area is 196 Å². The summed E-state index contributed by atoms with van der Waals surface area (Å²) in [5.74, 6) is -0.269. The smallest absolute Gasteiger partial charge is 0.265 e. The van der Waals surface area contributed by atoms with Crippen LogP contribution in [0.2, 0.25) is 0 Å². The highest BCUT2D eigenvalue weighted by Gasteiger charge is 2.30. The molecule has 0 spiro atoms. The molecule has 1 fully saturated rings. The van der Waals surface area contributed by atoms with Crippen LogP contribution in [0.5, 0.6) is 0 Å². The zero-order valence-corrected chi connectivity index (χ0v) is 19.8. The second-order valence-electron chi connectivity index (χ2n) is 7.78. The number of nitrogens with one attached hydrogen (secondary N) is 1. The van der Waals surface area contributed by atoms with Crippen LogP contribution in [0, 0.1) is 0 Å². The molecule has 0 saturated carbocycles. The number of carbonyl (C=O) groups excluding carboxylic acids is 2. The largest absolute Gasteiger partial charge is 0.355 e. The Balaban J connectivity index is 1.43. The molecule has 2 aliphatic heterocycles. The predicted octanol–water partition coefficient (Wildman–Crippen LogP) is 4.53. The summed E-state index contributed by atoms with van der Waals surface area (Å²) in [5.41, 5.74) is 1.73. The molecule has 1 saturated heterocycles. The van der Waals surface area contributed by atoms with Gasteiger partial charge >= 0.3 is 0 Å². The van der Waals surface area contributed by atoms with E-state index in [2.05, 4.69) is 26.1 Å². The lowest BCUT2D eigenvalue weighted by Gasteiger charge is -2.29. The van der Waals surface area contributed by atoms with E-state index in [0.717, 1.165) is 46.7 Å². The minimum Gasteiger partial charge on any atom is -0.355 e. The molecule has 2 aromatic rings. The zero-order valence-electron chi connectivity index (χ0n) is 17.4. The third-order valence-corrected chi connectivity index (χ3v) is 7.02. The number of para-hydroxylation sites is 1. The van der Waals surface area contributed by atoms with Gasteiger partial charge < -0.3 is 10.2 Å². The van der Waals surface area contributed by atoms with E-state index in [4.69, 9.17) is 0 Å². The summed E-state index contributed by atoms with van der Waals surface area (Å²) in [6, 6.07) is 15.6. The molecular formula is C24H26BrN3O2S. The van der Waals surface area contributed by atoms with Crippen molar-refractivity contribution in [1.29, 1.82) is 0 Å². The number of rotatable bonds is 7. The number of hydrogen-bond acceptors (Lipinski definition) is 4. The molecule has 2 aromatic carbocycles. The van der Waals surface area contributed by atoms with Crippen LogP contribution in [-0.4, -0.2) is 49.4 Å². The summed E-state index contributed by atoms with van der Waals surface area (Å²) in [4.78, 5) is 31.5. The van der Waals surface area contributed by atoms with Gasteiger partial charge in [-0.25, -0.2) is 0 Å². The van der Waals surface area contributed by atoms with Gasteiger partial charge in [-0.2, -0.15) is 0 Å². The third kappa shape index (κ3) is 5.79. The average Bonchev–Trinajstić information content (AvgIpc) is 3.28. The van der Waals surface area contributed by atoms with Crippen molar-refractivity contribution in [2.75, 3.05) is 37.6 Å². The Bertz CT molecular complexity index is 988. The van der Waals surface area contributed by atoms with E-state index in [1.807, 2.05) is 54.6 Å². The fraction of sp³-hybridized carbons (Fsp3) is 0.333. The van der Waals surface area contributed by atoms with Gasteiger partial charge in [0.05, 0.1) is 10.6 Å². The number of thioether (sulfide) groups is 1. The van der Waals surface area contributed by atoms with E-state index < -0.39 is 0 Å². The maximum Gasteiger partial charge on any atom is 0.265 e. The van der Waals surface area contributed by atoms with Crippen LogP contribution in [-0.2, 0) is 9.59 Å². The zero-order chi connectivity index (χ0) is 21.6. The summed E-state index contributed by atoms with van der Waals surface area (Å²) in [5, 5.41) is 2.99. The van der Waals surface area contributed by atoms with Gasteiger partial charge in [0.15, 0.2) is 0 Å². The molecule has 5 nitrogen and oxygen atoms in total. The van der Waals surface area contributed by atoms with Gasteiger partial charge in [-0.3, -0.25) is 14.5 Å². The van der Waals surface area contributed by atoms with Gasteiger partial charge in [0.1, 0.15) is 6.54 Å². The summed E-state index contributed by atoms with van der Waals surface area (Å²) >= 11 is 4.93. The molecule has 0 aliphatic carbocycles. The molecule has 7 heteroatoms. The average molecular weight is 500 g/mol. The lowest BCUT2D eigenvalue weighted by molar-refractivity contribution is -0.122. The van der Waals surface area contributed by atoms with Crippen LogP contribution < -0.4 is 10.2 Å². The van der Waals surface area contributed by atoms with E-state index >= 15 is 0 Å². The highest BCUT2D eigenvalue weighted by Crippen LogP contribution is 2.41. The number of benzene rings is 2. The lowest BCUT2D eigenvalue weighted by Crippen LogP contribution is -2.43. The topological polar surface area (TPSA) is 52.7 Å². The fourth-order valence-corrected chi connectivity index (χ4v) is 5.38. The molecule has 162 valence electrons. The first-order chi connectivity index (χ1) is 15.1. The monoisotopic (exact) mass is 499 g/mol. The number of fused-ring (bicyclic) bond motifs is 1. The molecule has 31 heavy (non-hydrogen) atoms. The van der Waals surface area contributed by atoms with Crippen LogP contribution in [0.25, 0.3) is 6.08 Å².